The summed E-state index contributed by atoms with van der Waals surface area (Å²) in [6.45, 7) is 4.08. The van der Waals surface area contributed by atoms with Crippen LogP contribution in [0.4, 0.5) is 0 Å². The Morgan fingerprint density at radius 1 is 0.769 bits per heavy atom. The molecular weight excluding hydrogens is 476 g/mol. The van der Waals surface area contributed by atoms with E-state index in [0.29, 0.717) is 0 Å². The van der Waals surface area contributed by atoms with Crippen LogP contribution >= 0.6 is 0 Å². The maximum absolute atomic E-state index is 11.1. The van der Waals surface area contributed by atoms with Crippen LogP contribution in [0, 0.1) is 11.8 Å². The quantitative estimate of drug-likeness (QED) is 0.213. The van der Waals surface area contributed by atoms with E-state index in [0.717, 1.165) is 31.1 Å². The van der Waals surface area contributed by atoms with Gasteiger partial charge in [-0.25, -0.2) is 0 Å². The highest BCUT2D eigenvalue weighted by Crippen LogP contribution is 2.39. The van der Waals surface area contributed by atoms with Gasteiger partial charge in [-0.2, -0.15) is 0 Å². The fourth-order valence-electron chi connectivity index (χ4n) is 6.33. The Morgan fingerprint density at radius 2 is 1.36 bits per heavy atom. The summed E-state index contributed by atoms with van der Waals surface area (Å²) < 4.78 is 0. The van der Waals surface area contributed by atoms with E-state index in [1.807, 2.05) is 0 Å². The third kappa shape index (κ3) is 8.56. The molecule has 1 atom stereocenters. The zero-order valence-electron chi connectivity index (χ0n) is 24.2. The van der Waals surface area contributed by atoms with E-state index in [9.17, 15) is 4.79 Å². The van der Waals surface area contributed by atoms with Gasteiger partial charge in [-0.3, -0.25) is 4.79 Å². The smallest absolute Gasteiger partial charge is 0.306 e. The Labute approximate surface area is 236 Å². The molecule has 3 aromatic carbocycles. The number of rotatable bonds is 14. The van der Waals surface area contributed by atoms with Gasteiger partial charge >= 0.3 is 5.97 Å². The topological polar surface area (TPSA) is 37.3 Å². The predicted octanol–water partition coefficient (Wildman–Crippen LogP) is 10.7. The lowest BCUT2D eigenvalue weighted by atomic mass is 9.77. The Morgan fingerprint density at radius 3 is 1.95 bits per heavy atom. The Kier molecular flexibility index (Phi) is 11.2. The summed E-state index contributed by atoms with van der Waals surface area (Å²) in [6.07, 6.45) is 16.5. The molecule has 0 amide bonds. The van der Waals surface area contributed by atoms with Crippen molar-refractivity contribution in [1.29, 1.82) is 0 Å². The molecule has 1 N–H and O–H groups in total. The predicted molar refractivity (Wildman–Crippen MR) is 165 cm³/mol. The molecular formula is C37H48O2. The number of carbonyl (C=O) groups is 1. The standard InChI is InChI=1S/C37H48O2/c1-3-4-5-6-7-12-29-16-20-31(21-17-29)32-24-26-34(27-25-32)36-15-9-8-14-35(36)33-22-18-30(19-23-33)13-10-11-28(2)37(38)39/h8-9,14-15,18-19,22-29,31H,3-7,10-13,16-17,20-21H2,1-2H3,(H,38,39)/t28?,29-,31-. The number of aliphatic carboxylic acids is 1. The van der Waals surface area contributed by atoms with Gasteiger partial charge in [-0.05, 0) is 90.2 Å². The molecule has 1 unspecified atom stereocenters. The molecule has 4 rings (SSSR count). The molecule has 1 aliphatic rings. The number of benzene rings is 3. The largest absolute Gasteiger partial charge is 0.481 e. The van der Waals surface area contributed by atoms with Gasteiger partial charge in [0.15, 0.2) is 0 Å². The molecule has 0 aliphatic heterocycles. The summed E-state index contributed by atoms with van der Waals surface area (Å²) in [6, 6.07) is 26.9. The fourth-order valence-corrected chi connectivity index (χ4v) is 6.33. The molecule has 0 bridgehead atoms. The fraction of sp³-hybridized carbons (Fsp3) is 0.486. The highest BCUT2D eigenvalue weighted by molar-refractivity contribution is 5.83. The van der Waals surface area contributed by atoms with Crippen LogP contribution in [-0.2, 0) is 11.2 Å². The van der Waals surface area contributed by atoms with Gasteiger partial charge in [0, 0.05) is 0 Å². The molecule has 39 heavy (non-hydrogen) atoms. The molecule has 0 radical (unpaired) electrons. The third-order valence-electron chi connectivity index (χ3n) is 8.97. The Bertz CT molecular complexity index is 1140. The highest BCUT2D eigenvalue weighted by atomic mass is 16.4. The molecule has 1 aliphatic carbocycles. The summed E-state index contributed by atoms with van der Waals surface area (Å²) >= 11 is 0. The second kappa shape index (κ2) is 15.1. The summed E-state index contributed by atoms with van der Waals surface area (Å²) in [5.41, 5.74) is 7.82. The average molecular weight is 525 g/mol. The van der Waals surface area contributed by atoms with Crippen molar-refractivity contribution >= 4 is 5.97 Å². The number of unbranched alkanes of at least 4 members (excludes halogenated alkanes) is 4. The number of hydrogen-bond acceptors (Lipinski definition) is 1. The van der Waals surface area contributed by atoms with Crippen LogP contribution in [0.5, 0.6) is 0 Å². The van der Waals surface area contributed by atoms with Crippen LogP contribution in [-0.4, -0.2) is 11.1 Å². The maximum Gasteiger partial charge on any atom is 0.306 e. The zero-order valence-corrected chi connectivity index (χ0v) is 24.2. The van der Waals surface area contributed by atoms with Crippen molar-refractivity contribution in [2.75, 3.05) is 0 Å². The summed E-state index contributed by atoms with van der Waals surface area (Å²) in [4.78, 5) is 11.1. The minimum absolute atomic E-state index is 0.275. The van der Waals surface area contributed by atoms with Crippen molar-refractivity contribution in [2.24, 2.45) is 11.8 Å². The number of hydrogen-bond donors (Lipinski definition) is 1. The van der Waals surface area contributed by atoms with E-state index in [1.165, 1.54) is 97.6 Å². The summed E-state index contributed by atoms with van der Waals surface area (Å²) in [5, 5.41) is 9.10. The van der Waals surface area contributed by atoms with Gasteiger partial charge in [0.25, 0.3) is 0 Å². The van der Waals surface area contributed by atoms with Crippen molar-refractivity contribution in [1.82, 2.24) is 0 Å². The summed E-state index contributed by atoms with van der Waals surface area (Å²) in [5.74, 6) is 0.693. The van der Waals surface area contributed by atoms with E-state index in [-0.39, 0.29) is 5.92 Å². The van der Waals surface area contributed by atoms with Gasteiger partial charge < -0.3 is 5.11 Å². The van der Waals surface area contributed by atoms with Crippen molar-refractivity contribution in [3.8, 4) is 22.3 Å². The van der Waals surface area contributed by atoms with E-state index in [1.54, 1.807) is 6.92 Å². The van der Waals surface area contributed by atoms with Crippen molar-refractivity contribution in [3.63, 3.8) is 0 Å². The molecule has 2 heteroatoms. The first-order valence-electron chi connectivity index (χ1n) is 15.6. The van der Waals surface area contributed by atoms with Crippen LogP contribution in [0.2, 0.25) is 0 Å². The monoisotopic (exact) mass is 524 g/mol. The first-order chi connectivity index (χ1) is 19.0. The molecule has 2 nitrogen and oxygen atoms in total. The third-order valence-corrected chi connectivity index (χ3v) is 8.97. The van der Waals surface area contributed by atoms with E-state index < -0.39 is 5.97 Å². The number of aryl methyl sites for hydroxylation is 1. The lowest BCUT2D eigenvalue weighted by molar-refractivity contribution is -0.141. The van der Waals surface area contributed by atoms with Gasteiger partial charge in [-0.1, -0.05) is 125 Å². The summed E-state index contributed by atoms with van der Waals surface area (Å²) in [7, 11) is 0. The van der Waals surface area contributed by atoms with Crippen molar-refractivity contribution in [2.45, 2.75) is 103 Å². The minimum Gasteiger partial charge on any atom is -0.481 e. The first kappa shape index (κ1) is 29.1. The van der Waals surface area contributed by atoms with E-state index >= 15 is 0 Å². The molecule has 0 aromatic heterocycles. The van der Waals surface area contributed by atoms with Gasteiger partial charge in [0.2, 0.25) is 0 Å². The van der Waals surface area contributed by atoms with Crippen LogP contribution in [0.15, 0.2) is 72.8 Å². The lowest BCUT2D eigenvalue weighted by Crippen LogP contribution is -2.13. The molecule has 3 aromatic rings. The van der Waals surface area contributed by atoms with Crippen LogP contribution in [0.25, 0.3) is 22.3 Å². The zero-order chi connectivity index (χ0) is 27.5. The van der Waals surface area contributed by atoms with Crippen LogP contribution in [0.1, 0.15) is 108 Å². The van der Waals surface area contributed by atoms with E-state index in [4.69, 9.17) is 5.11 Å². The van der Waals surface area contributed by atoms with Crippen molar-refractivity contribution < 1.29 is 9.90 Å². The molecule has 0 heterocycles. The number of carboxylic acid groups (broad SMARTS) is 1. The highest BCUT2D eigenvalue weighted by Gasteiger charge is 2.22. The molecule has 1 saturated carbocycles. The molecule has 208 valence electrons. The van der Waals surface area contributed by atoms with Crippen molar-refractivity contribution in [3.05, 3.63) is 83.9 Å². The second-order valence-electron chi connectivity index (χ2n) is 11.9. The second-order valence-corrected chi connectivity index (χ2v) is 11.9. The lowest BCUT2D eigenvalue weighted by Gasteiger charge is -2.29. The van der Waals surface area contributed by atoms with Gasteiger partial charge in [-0.15, -0.1) is 0 Å². The SMILES string of the molecule is CCCCCCC[C@H]1CC[C@H](c2ccc(-c3ccccc3-c3ccc(CCCC(C)C(=O)O)cc3)cc2)CC1. The molecule has 0 saturated heterocycles. The van der Waals surface area contributed by atoms with Crippen LogP contribution in [0.3, 0.4) is 0 Å². The Balaban J connectivity index is 1.34. The maximum atomic E-state index is 11.1. The van der Waals surface area contributed by atoms with Crippen LogP contribution < -0.4 is 0 Å². The van der Waals surface area contributed by atoms with E-state index in [2.05, 4.69) is 79.7 Å². The van der Waals surface area contributed by atoms with Gasteiger partial charge in [0.1, 0.15) is 0 Å². The normalized spacial score (nSPS) is 18.1. The first-order valence-corrected chi connectivity index (χ1v) is 15.6. The minimum atomic E-state index is -0.703. The molecule has 1 fully saturated rings. The average Bonchev–Trinajstić information content (AvgIpc) is 2.98. The number of carboxylic acids is 1. The Hall–Kier alpha value is -2.87. The van der Waals surface area contributed by atoms with Gasteiger partial charge in [0.05, 0.1) is 5.92 Å². The molecule has 0 spiro atoms.